The summed E-state index contributed by atoms with van der Waals surface area (Å²) < 4.78 is 17.6. The van der Waals surface area contributed by atoms with Crippen molar-refractivity contribution in [1.82, 2.24) is 0 Å². The zero-order chi connectivity index (χ0) is 21.1. The molecule has 5 heteroatoms. The molecule has 4 nitrogen and oxygen atoms in total. The van der Waals surface area contributed by atoms with Crippen LogP contribution in [-0.2, 0) is 13.3 Å². The monoisotopic (exact) mass is 418 g/mol. The Balaban J connectivity index is 3.48. The summed E-state index contributed by atoms with van der Waals surface area (Å²) in [6.07, 6.45) is 22.4. The molecule has 0 atom stereocenters. The van der Waals surface area contributed by atoms with E-state index in [1.165, 1.54) is 103 Å². The third-order valence-corrected chi connectivity index (χ3v) is 9.34. The fourth-order valence-corrected chi connectivity index (χ4v) is 6.60. The molecule has 170 valence electrons. The van der Waals surface area contributed by atoms with Crippen LogP contribution in [0.1, 0.15) is 110 Å². The van der Waals surface area contributed by atoms with Gasteiger partial charge in [0.1, 0.15) is 0 Å². The molecule has 0 saturated carbocycles. The summed E-state index contributed by atoms with van der Waals surface area (Å²) in [6.45, 7) is 3.33. The smallest absolute Gasteiger partial charge is 0.328 e. The van der Waals surface area contributed by atoms with Crippen LogP contribution in [-0.4, -0.2) is 55.1 Å². The second kappa shape index (κ2) is 17.9. The molecule has 0 amide bonds. The first-order chi connectivity index (χ1) is 13.5. The maximum Gasteiger partial charge on any atom is 0.783 e. The minimum absolute atomic E-state index is 0.690. The molecule has 0 saturated heterocycles. The Hall–Kier alpha value is 0.0569. The van der Waals surface area contributed by atoms with Crippen molar-refractivity contribution in [2.45, 2.75) is 110 Å². The predicted octanol–water partition coefficient (Wildman–Crippen LogP) is 6.70. The predicted molar refractivity (Wildman–Crippen MR) is 123 cm³/mol. The number of quaternary nitrogens is 1. The van der Waals surface area contributed by atoms with Gasteiger partial charge in [-0.25, -0.2) is 0 Å². The lowest BCUT2D eigenvalue weighted by Crippen LogP contribution is -2.68. The molecule has 0 aliphatic heterocycles. The highest BCUT2D eigenvalue weighted by Crippen LogP contribution is 2.20. The number of hydrogen-bond acceptors (Lipinski definition) is 3. The van der Waals surface area contributed by atoms with Crippen LogP contribution in [0, 0.1) is 0 Å². The second-order valence-electron chi connectivity index (χ2n) is 8.85. The number of unbranched alkanes of at least 4 members (excludes halogenated alkanes) is 15. The number of nitrogens with zero attached hydrogens (tertiary/aromatic N) is 1. The summed E-state index contributed by atoms with van der Waals surface area (Å²) in [5.74, 6) is 0. The van der Waals surface area contributed by atoms with Gasteiger partial charge in [0.15, 0.2) is 0 Å². The molecular weight excluding hydrogens is 366 g/mol. The molecule has 0 unspecified atom stereocenters. The Morgan fingerprint density at radius 1 is 0.500 bits per heavy atom. The van der Waals surface area contributed by atoms with Crippen molar-refractivity contribution in [1.29, 1.82) is 0 Å². The zero-order valence-corrected chi connectivity index (χ0v) is 21.2. The normalized spacial score (nSPS) is 12.6. The molecule has 0 N–H and O–H groups in total. The molecule has 0 radical (unpaired) electrons. The van der Waals surface area contributed by atoms with Crippen molar-refractivity contribution < 1.29 is 17.4 Å². The van der Waals surface area contributed by atoms with Gasteiger partial charge in [0.25, 0.3) is 0 Å². The molecular formula is C23H52NO3Si+. The van der Waals surface area contributed by atoms with Crippen molar-refractivity contribution in [3.05, 3.63) is 0 Å². The second-order valence-corrected chi connectivity index (χ2v) is 12.3. The van der Waals surface area contributed by atoms with Crippen LogP contribution in [0.2, 0.25) is 0 Å². The number of rotatable bonds is 21. The van der Waals surface area contributed by atoms with Crippen molar-refractivity contribution in [2.75, 3.05) is 42.0 Å². The van der Waals surface area contributed by atoms with Crippen LogP contribution >= 0.6 is 0 Å². The lowest BCUT2D eigenvalue weighted by molar-refractivity contribution is -0.819. The Kier molecular flexibility index (Phi) is 17.9. The first kappa shape index (κ1) is 28.1. The SMILES string of the molecule is CCCCCCCCCCCCCCCCCC[N+](C)(C)[Si](OC)(OC)OC. The summed E-state index contributed by atoms with van der Waals surface area (Å²) >= 11 is 0. The quantitative estimate of drug-likeness (QED) is 0.153. The maximum atomic E-state index is 5.65. The molecule has 0 fully saturated rings. The molecule has 0 aliphatic carbocycles. The highest BCUT2D eigenvalue weighted by molar-refractivity contribution is 6.52. The summed E-state index contributed by atoms with van der Waals surface area (Å²) in [5.41, 5.74) is 0. The van der Waals surface area contributed by atoms with E-state index in [9.17, 15) is 0 Å². The van der Waals surface area contributed by atoms with E-state index in [1.54, 1.807) is 21.3 Å². The highest BCUT2D eigenvalue weighted by atomic mass is 28.4. The Morgan fingerprint density at radius 3 is 1.07 bits per heavy atom. The Morgan fingerprint density at radius 2 is 0.786 bits per heavy atom. The van der Waals surface area contributed by atoms with Crippen LogP contribution in [0.4, 0.5) is 0 Å². The van der Waals surface area contributed by atoms with Gasteiger partial charge in [0, 0.05) is 21.3 Å². The van der Waals surface area contributed by atoms with Gasteiger partial charge < -0.3 is 17.4 Å². The average Bonchev–Trinajstić information content (AvgIpc) is 2.69. The first-order valence-corrected chi connectivity index (χ1v) is 13.7. The van der Waals surface area contributed by atoms with Gasteiger partial charge in [-0.3, -0.25) is 0 Å². The highest BCUT2D eigenvalue weighted by Gasteiger charge is 2.59. The molecule has 0 bridgehead atoms. The van der Waals surface area contributed by atoms with Crippen molar-refractivity contribution in [2.24, 2.45) is 0 Å². The Bertz CT molecular complexity index is 328. The minimum Gasteiger partial charge on any atom is -0.328 e. The summed E-state index contributed by atoms with van der Waals surface area (Å²) in [4.78, 5) is 0. The van der Waals surface area contributed by atoms with Gasteiger partial charge in [-0.15, -0.1) is 0 Å². The number of hydrogen-bond donors (Lipinski definition) is 0. The molecule has 28 heavy (non-hydrogen) atoms. The fourth-order valence-electron chi connectivity index (χ4n) is 4.18. The molecule has 0 aromatic heterocycles. The van der Waals surface area contributed by atoms with Crippen molar-refractivity contribution >= 4 is 8.97 Å². The molecule has 0 aromatic carbocycles. The van der Waals surface area contributed by atoms with E-state index in [-0.39, 0.29) is 0 Å². The van der Waals surface area contributed by atoms with E-state index in [1.807, 2.05) is 0 Å². The molecule has 0 heterocycles. The third-order valence-electron chi connectivity index (χ3n) is 6.09. The third kappa shape index (κ3) is 11.9. The van der Waals surface area contributed by atoms with E-state index in [0.29, 0.717) is 4.15 Å². The van der Waals surface area contributed by atoms with Crippen LogP contribution in [0.15, 0.2) is 0 Å². The molecule has 0 aliphatic rings. The maximum absolute atomic E-state index is 5.65. The summed E-state index contributed by atoms with van der Waals surface area (Å²) in [5, 5.41) is 0. The topological polar surface area (TPSA) is 27.7 Å². The molecule has 0 aromatic rings. The average molecular weight is 419 g/mol. The van der Waals surface area contributed by atoms with Crippen LogP contribution in [0.5, 0.6) is 0 Å². The first-order valence-electron chi connectivity index (χ1n) is 12.0. The largest absolute Gasteiger partial charge is 0.783 e. The summed E-state index contributed by atoms with van der Waals surface area (Å²) in [7, 11) is 6.81. The van der Waals surface area contributed by atoms with Gasteiger partial charge in [-0.2, -0.15) is 0 Å². The lowest BCUT2D eigenvalue weighted by atomic mass is 10.0. The van der Waals surface area contributed by atoms with Gasteiger partial charge >= 0.3 is 8.97 Å². The van der Waals surface area contributed by atoms with Crippen LogP contribution < -0.4 is 0 Å². The van der Waals surface area contributed by atoms with Crippen LogP contribution in [0.25, 0.3) is 0 Å². The Labute approximate surface area is 178 Å². The molecule has 0 spiro atoms. The van der Waals surface area contributed by atoms with Gasteiger partial charge in [0.05, 0.1) is 20.6 Å². The zero-order valence-electron chi connectivity index (χ0n) is 20.2. The van der Waals surface area contributed by atoms with E-state index in [4.69, 9.17) is 13.3 Å². The van der Waals surface area contributed by atoms with Gasteiger partial charge in [-0.1, -0.05) is 96.8 Å². The van der Waals surface area contributed by atoms with E-state index < -0.39 is 8.97 Å². The van der Waals surface area contributed by atoms with E-state index >= 15 is 0 Å². The van der Waals surface area contributed by atoms with Crippen molar-refractivity contribution in [3.63, 3.8) is 0 Å². The molecule has 0 rings (SSSR count). The summed E-state index contributed by atoms with van der Waals surface area (Å²) in [6, 6.07) is 0. The minimum atomic E-state index is -2.62. The standard InChI is InChI=1S/C23H52NO3Si/c1-7-8-9-10-11-12-13-14-15-16-17-18-19-20-21-22-23-24(2,3)28(25-4,26-5)27-6/h7-23H2,1-6H3/q+1. The van der Waals surface area contributed by atoms with Gasteiger partial charge in [-0.05, 0) is 12.8 Å². The lowest BCUT2D eigenvalue weighted by Gasteiger charge is -2.39. The van der Waals surface area contributed by atoms with Crippen LogP contribution in [0.3, 0.4) is 0 Å². The van der Waals surface area contributed by atoms with Gasteiger partial charge in [0.2, 0.25) is 0 Å². The fraction of sp³-hybridized carbons (Fsp3) is 1.00. The van der Waals surface area contributed by atoms with Crippen molar-refractivity contribution in [3.8, 4) is 0 Å². The van der Waals surface area contributed by atoms with E-state index in [2.05, 4.69) is 21.0 Å². The van der Waals surface area contributed by atoms with E-state index in [0.717, 1.165) is 6.54 Å².